The van der Waals surface area contributed by atoms with Gasteiger partial charge in [-0.25, -0.2) is 4.79 Å². The van der Waals surface area contributed by atoms with Gasteiger partial charge in [0.2, 0.25) is 5.91 Å². The van der Waals surface area contributed by atoms with Crippen molar-refractivity contribution < 1.29 is 14.3 Å². The molecule has 0 saturated carbocycles. The molecule has 28 heavy (non-hydrogen) atoms. The summed E-state index contributed by atoms with van der Waals surface area (Å²) in [6, 6.07) is 9.90. The number of amides is 2. The van der Waals surface area contributed by atoms with Gasteiger partial charge in [0.15, 0.2) is 0 Å². The molecule has 1 atom stereocenters. The second-order valence-electron chi connectivity index (χ2n) is 8.66. The van der Waals surface area contributed by atoms with Crippen LogP contribution in [0.4, 0.5) is 10.5 Å². The van der Waals surface area contributed by atoms with Crippen LogP contribution in [0.5, 0.6) is 0 Å². The lowest BCUT2D eigenvalue weighted by Crippen LogP contribution is -2.42. The van der Waals surface area contributed by atoms with E-state index in [1.807, 2.05) is 67.8 Å². The van der Waals surface area contributed by atoms with Crippen molar-refractivity contribution in [1.29, 1.82) is 0 Å². The highest BCUT2D eigenvalue weighted by molar-refractivity contribution is 5.93. The van der Waals surface area contributed by atoms with Crippen LogP contribution in [0.3, 0.4) is 0 Å². The van der Waals surface area contributed by atoms with Crippen molar-refractivity contribution in [3.63, 3.8) is 0 Å². The van der Waals surface area contributed by atoms with Gasteiger partial charge in [-0.3, -0.25) is 4.79 Å². The molecule has 2 amide bonds. The minimum Gasteiger partial charge on any atom is -0.444 e. The average Bonchev–Trinajstić information content (AvgIpc) is 2.67. The molecule has 1 saturated heterocycles. The first-order valence-electron chi connectivity index (χ1n) is 10.6. The van der Waals surface area contributed by atoms with Crippen molar-refractivity contribution in [3.8, 4) is 0 Å². The molecule has 1 aromatic carbocycles. The summed E-state index contributed by atoms with van der Waals surface area (Å²) in [5.41, 5.74) is 0.527. The normalized spacial score (nSPS) is 17.3. The molecule has 0 aliphatic carbocycles. The Morgan fingerprint density at radius 2 is 1.89 bits per heavy atom. The molecule has 0 spiro atoms. The third kappa shape index (κ3) is 7.17. The van der Waals surface area contributed by atoms with Gasteiger partial charge in [0.05, 0.1) is 0 Å². The summed E-state index contributed by atoms with van der Waals surface area (Å²) in [5, 5.41) is 0. The van der Waals surface area contributed by atoms with E-state index < -0.39 is 5.60 Å². The van der Waals surface area contributed by atoms with Crippen molar-refractivity contribution in [1.82, 2.24) is 4.90 Å². The van der Waals surface area contributed by atoms with Crippen LogP contribution in [0.25, 0.3) is 0 Å². The number of carbonyl (C=O) groups excluding carboxylic acids is 2. The van der Waals surface area contributed by atoms with Crippen LogP contribution < -0.4 is 4.90 Å². The largest absolute Gasteiger partial charge is 0.444 e. The SMILES string of the molecule is CCC(=O)N(CCCCC1CCCN(C(=O)OC(C)(C)C)C1)c1ccccc1. The number of unbranched alkanes of at least 4 members (excludes halogenated alkanes) is 1. The first-order valence-corrected chi connectivity index (χ1v) is 10.6. The van der Waals surface area contributed by atoms with E-state index in [0.717, 1.165) is 57.4 Å². The third-order valence-electron chi connectivity index (χ3n) is 5.09. The van der Waals surface area contributed by atoms with Crippen LogP contribution >= 0.6 is 0 Å². The zero-order valence-corrected chi connectivity index (χ0v) is 17.9. The lowest BCUT2D eigenvalue weighted by molar-refractivity contribution is -0.118. The standard InChI is InChI=1S/C23H36N2O3/c1-5-21(26)25(20-14-7-6-8-15-20)17-10-9-12-19-13-11-16-24(18-19)22(27)28-23(2,3)4/h6-8,14-15,19H,5,9-13,16-18H2,1-4H3. The zero-order valence-electron chi connectivity index (χ0n) is 17.9. The molecule has 2 rings (SSSR count). The topological polar surface area (TPSA) is 49.9 Å². The number of nitrogens with zero attached hydrogens (tertiary/aromatic N) is 2. The van der Waals surface area contributed by atoms with Crippen molar-refractivity contribution in [3.05, 3.63) is 30.3 Å². The molecule has 0 radical (unpaired) electrons. The van der Waals surface area contributed by atoms with Gasteiger partial charge >= 0.3 is 6.09 Å². The number of carbonyl (C=O) groups is 2. The van der Waals surface area contributed by atoms with E-state index >= 15 is 0 Å². The smallest absolute Gasteiger partial charge is 0.410 e. The average molecular weight is 389 g/mol. The molecule has 0 bridgehead atoms. The van der Waals surface area contributed by atoms with Crippen molar-refractivity contribution in [2.24, 2.45) is 5.92 Å². The molecule has 1 aliphatic heterocycles. The summed E-state index contributed by atoms with van der Waals surface area (Å²) in [6.45, 7) is 9.95. The third-order valence-corrected chi connectivity index (χ3v) is 5.09. The Labute approximate surface area is 170 Å². The number of hydrogen-bond acceptors (Lipinski definition) is 3. The van der Waals surface area contributed by atoms with Crippen molar-refractivity contribution >= 4 is 17.7 Å². The molecule has 5 nitrogen and oxygen atoms in total. The number of para-hydroxylation sites is 1. The highest BCUT2D eigenvalue weighted by Gasteiger charge is 2.27. The number of rotatable bonds is 7. The number of anilines is 1. The fraction of sp³-hybridized carbons (Fsp3) is 0.652. The summed E-state index contributed by atoms with van der Waals surface area (Å²) < 4.78 is 5.51. The molecule has 1 aliphatic rings. The van der Waals surface area contributed by atoms with Crippen LogP contribution in [-0.2, 0) is 9.53 Å². The van der Waals surface area contributed by atoms with E-state index in [-0.39, 0.29) is 12.0 Å². The quantitative estimate of drug-likeness (QED) is 0.600. The fourth-order valence-corrected chi connectivity index (χ4v) is 3.69. The van der Waals surface area contributed by atoms with E-state index in [1.54, 1.807) is 0 Å². The van der Waals surface area contributed by atoms with Gasteiger partial charge in [0.1, 0.15) is 5.60 Å². The Morgan fingerprint density at radius 3 is 2.54 bits per heavy atom. The van der Waals surface area contributed by atoms with E-state index in [1.165, 1.54) is 0 Å². The molecule has 1 fully saturated rings. The van der Waals surface area contributed by atoms with Gasteiger partial charge < -0.3 is 14.5 Å². The number of piperidine rings is 1. The predicted molar refractivity (Wildman–Crippen MR) is 113 cm³/mol. The van der Waals surface area contributed by atoms with Gasteiger partial charge in [-0.1, -0.05) is 31.5 Å². The van der Waals surface area contributed by atoms with Crippen LogP contribution in [-0.4, -0.2) is 42.1 Å². The van der Waals surface area contributed by atoms with Crippen molar-refractivity contribution in [2.75, 3.05) is 24.5 Å². The summed E-state index contributed by atoms with van der Waals surface area (Å²) >= 11 is 0. The lowest BCUT2D eigenvalue weighted by atomic mass is 9.93. The number of benzene rings is 1. The Kier molecular flexibility index (Phi) is 8.34. The van der Waals surface area contributed by atoms with E-state index in [9.17, 15) is 9.59 Å². The van der Waals surface area contributed by atoms with Gasteiger partial charge in [-0.05, 0) is 64.5 Å². The molecule has 5 heteroatoms. The maximum atomic E-state index is 12.3. The minimum absolute atomic E-state index is 0.167. The Hall–Kier alpha value is -2.04. The predicted octanol–water partition coefficient (Wildman–Crippen LogP) is 5.25. The second-order valence-corrected chi connectivity index (χ2v) is 8.66. The Bertz CT molecular complexity index is 624. The maximum Gasteiger partial charge on any atom is 0.410 e. The zero-order chi connectivity index (χ0) is 20.6. The summed E-state index contributed by atoms with van der Waals surface area (Å²) in [5.74, 6) is 0.688. The highest BCUT2D eigenvalue weighted by atomic mass is 16.6. The maximum absolute atomic E-state index is 12.3. The monoisotopic (exact) mass is 388 g/mol. The van der Waals surface area contributed by atoms with Gasteiger partial charge in [-0.15, -0.1) is 0 Å². The molecule has 0 aromatic heterocycles. The number of hydrogen-bond donors (Lipinski definition) is 0. The molecular weight excluding hydrogens is 352 g/mol. The fourth-order valence-electron chi connectivity index (χ4n) is 3.69. The lowest BCUT2D eigenvalue weighted by Gasteiger charge is -2.34. The number of ether oxygens (including phenoxy) is 1. The van der Waals surface area contributed by atoms with Crippen LogP contribution in [0, 0.1) is 5.92 Å². The molecule has 1 aromatic rings. The molecule has 156 valence electrons. The second kappa shape index (κ2) is 10.5. The first-order chi connectivity index (χ1) is 13.3. The van der Waals surface area contributed by atoms with Crippen LogP contribution in [0.2, 0.25) is 0 Å². The molecule has 1 heterocycles. The molecular formula is C23H36N2O3. The first kappa shape index (κ1) is 22.3. The van der Waals surface area contributed by atoms with Crippen LogP contribution in [0.15, 0.2) is 30.3 Å². The van der Waals surface area contributed by atoms with E-state index in [2.05, 4.69) is 0 Å². The van der Waals surface area contributed by atoms with Gasteiger partial charge in [0, 0.05) is 31.7 Å². The number of likely N-dealkylation sites (tertiary alicyclic amines) is 1. The molecule has 0 N–H and O–H groups in total. The van der Waals surface area contributed by atoms with Crippen molar-refractivity contribution in [2.45, 2.75) is 71.8 Å². The van der Waals surface area contributed by atoms with Gasteiger partial charge in [0.25, 0.3) is 0 Å². The minimum atomic E-state index is -0.448. The summed E-state index contributed by atoms with van der Waals surface area (Å²) in [7, 11) is 0. The Morgan fingerprint density at radius 1 is 1.18 bits per heavy atom. The summed E-state index contributed by atoms with van der Waals surface area (Å²) in [6.07, 6.45) is 5.65. The van der Waals surface area contributed by atoms with E-state index in [4.69, 9.17) is 4.74 Å². The van der Waals surface area contributed by atoms with Crippen LogP contribution in [0.1, 0.15) is 66.2 Å². The highest BCUT2D eigenvalue weighted by Crippen LogP contribution is 2.24. The van der Waals surface area contributed by atoms with Gasteiger partial charge in [-0.2, -0.15) is 0 Å². The Balaban J connectivity index is 1.78. The summed E-state index contributed by atoms with van der Waals surface area (Å²) in [4.78, 5) is 28.4. The van der Waals surface area contributed by atoms with E-state index in [0.29, 0.717) is 12.3 Å². The molecule has 1 unspecified atom stereocenters.